The average molecular weight is 449 g/mol. The molecule has 1 aliphatic carbocycles. The van der Waals surface area contributed by atoms with Crippen molar-refractivity contribution >= 4 is 34.1 Å². The maximum atomic E-state index is 12.6. The van der Waals surface area contributed by atoms with Crippen molar-refractivity contribution in [3.63, 3.8) is 0 Å². The molecule has 0 bridgehead atoms. The number of carbonyl (C=O) groups is 3. The van der Waals surface area contributed by atoms with E-state index in [1.807, 2.05) is 60.7 Å². The maximum absolute atomic E-state index is 12.6. The van der Waals surface area contributed by atoms with Crippen molar-refractivity contribution in [3.8, 4) is 0 Å². The van der Waals surface area contributed by atoms with Crippen molar-refractivity contribution in [1.82, 2.24) is 0 Å². The van der Waals surface area contributed by atoms with Crippen LogP contribution in [0.15, 0.2) is 60.7 Å². The molecular weight excluding hydrogens is 424 g/mol. The van der Waals surface area contributed by atoms with Gasteiger partial charge in [-0.1, -0.05) is 60.7 Å². The van der Waals surface area contributed by atoms with Gasteiger partial charge in [0.15, 0.2) is 6.61 Å². The molecule has 0 unspecified atom stereocenters. The minimum Gasteiger partial charge on any atom is -0.456 e. The quantitative estimate of drug-likeness (QED) is 0.508. The summed E-state index contributed by atoms with van der Waals surface area (Å²) in [4.78, 5) is 37.9. The van der Waals surface area contributed by atoms with Crippen LogP contribution in [0.1, 0.15) is 50.7 Å². The van der Waals surface area contributed by atoms with Gasteiger partial charge in [-0.15, -0.1) is 11.3 Å². The van der Waals surface area contributed by atoms with Gasteiger partial charge in [-0.25, -0.2) is 0 Å². The number of fused-ring (bicyclic) bond motifs is 1. The summed E-state index contributed by atoms with van der Waals surface area (Å²) in [7, 11) is 0. The number of hydrogen-bond acceptors (Lipinski definition) is 5. The summed E-state index contributed by atoms with van der Waals surface area (Å²) in [6, 6.07) is 19.5. The van der Waals surface area contributed by atoms with Crippen LogP contribution >= 0.6 is 11.3 Å². The zero-order chi connectivity index (χ0) is 22.5. The Morgan fingerprint density at radius 1 is 0.969 bits per heavy atom. The van der Waals surface area contributed by atoms with Crippen LogP contribution in [0.4, 0.5) is 5.00 Å². The molecule has 0 saturated heterocycles. The van der Waals surface area contributed by atoms with E-state index in [-0.39, 0.29) is 12.3 Å². The van der Waals surface area contributed by atoms with Crippen LogP contribution in [0.25, 0.3) is 0 Å². The van der Waals surface area contributed by atoms with Gasteiger partial charge in [0.1, 0.15) is 5.00 Å². The van der Waals surface area contributed by atoms with E-state index in [9.17, 15) is 14.4 Å². The summed E-state index contributed by atoms with van der Waals surface area (Å²) < 4.78 is 5.26. The van der Waals surface area contributed by atoms with E-state index in [4.69, 9.17) is 10.5 Å². The summed E-state index contributed by atoms with van der Waals surface area (Å²) in [6.07, 6.45) is 2.76. The van der Waals surface area contributed by atoms with E-state index in [0.29, 0.717) is 10.6 Å². The minimum absolute atomic E-state index is 0.112. The van der Waals surface area contributed by atoms with Crippen molar-refractivity contribution in [2.75, 3.05) is 11.9 Å². The molecule has 2 amide bonds. The van der Waals surface area contributed by atoms with Crippen molar-refractivity contribution in [1.29, 1.82) is 0 Å². The van der Waals surface area contributed by atoms with Gasteiger partial charge in [-0.05, 0) is 36.0 Å². The highest BCUT2D eigenvalue weighted by molar-refractivity contribution is 7.17. The Bertz CT molecular complexity index is 1090. The number of anilines is 1. The van der Waals surface area contributed by atoms with Gasteiger partial charge in [-0.2, -0.15) is 0 Å². The Hall–Kier alpha value is -3.45. The molecule has 4 rings (SSSR count). The predicted octanol–water partition coefficient (Wildman–Crippen LogP) is 4.04. The first kappa shape index (κ1) is 21.8. The second-order valence-electron chi connectivity index (χ2n) is 7.71. The number of amides is 2. The van der Waals surface area contributed by atoms with Crippen LogP contribution in [-0.2, 0) is 27.2 Å². The Kier molecular flexibility index (Phi) is 6.66. The first-order valence-corrected chi connectivity index (χ1v) is 11.3. The number of ether oxygens (including phenoxy) is 1. The van der Waals surface area contributed by atoms with Crippen LogP contribution in [-0.4, -0.2) is 24.4 Å². The first-order chi connectivity index (χ1) is 15.5. The van der Waals surface area contributed by atoms with E-state index in [1.165, 1.54) is 11.3 Å². The average Bonchev–Trinajstić information content (AvgIpc) is 3.38. The molecule has 1 aliphatic rings. The summed E-state index contributed by atoms with van der Waals surface area (Å²) in [5.41, 5.74) is 8.84. The predicted molar refractivity (Wildman–Crippen MR) is 124 cm³/mol. The fourth-order valence-corrected chi connectivity index (χ4v) is 5.40. The molecule has 32 heavy (non-hydrogen) atoms. The minimum atomic E-state index is -0.551. The van der Waals surface area contributed by atoms with Gasteiger partial charge >= 0.3 is 5.97 Å². The van der Waals surface area contributed by atoms with Gasteiger partial charge < -0.3 is 15.8 Å². The highest BCUT2D eigenvalue weighted by Gasteiger charge is 2.26. The van der Waals surface area contributed by atoms with Crippen LogP contribution in [0.5, 0.6) is 0 Å². The molecular formula is C25H24N2O4S. The Morgan fingerprint density at radius 2 is 1.59 bits per heavy atom. The molecule has 1 aromatic heterocycles. The molecule has 0 fully saturated rings. The Morgan fingerprint density at radius 3 is 2.19 bits per heavy atom. The SMILES string of the molecule is NC(=O)c1c(NC(=O)COC(=O)CC(c2ccccc2)c2ccccc2)sc2c1CCC2. The zero-order valence-electron chi connectivity index (χ0n) is 17.5. The van der Waals surface area contributed by atoms with Crippen molar-refractivity contribution in [2.45, 2.75) is 31.6 Å². The third-order valence-corrected chi connectivity index (χ3v) is 6.77. The molecule has 2 aromatic carbocycles. The molecule has 7 heteroatoms. The van der Waals surface area contributed by atoms with E-state index >= 15 is 0 Å². The number of thiophene rings is 1. The summed E-state index contributed by atoms with van der Waals surface area (Å²) in [6.45, 7) is -0.421. The monoisotopic (exact) mass is 448 g/mol. The zero-order valence-corrected chi connectivity index (χ0v) is 18.3. The number of nitrogens with two attached hydrogens (primary N) is 1. The highest BCUT2D eigenvalue weighted by Crippen LogP contribution is 2.38. The largest absolute Gasteiger partial charge is 0.456 e. The lowest BCUT2D eigenvalue weighted by Gasteiger charge is -2.17. The Labute approximate surface area is 190 Å². The second kappa shape index (κ2) is 9.78. The molecule has 3 aromatic rings. The lowest BCUT2D eigenvalue weighted by molar-refractivity contribution is -0.147. The summed E-state index contributed by atoms with van der Waals surface area (Å²) in [5.74, 6) is -1.68. The third kappa shape index (κ3) is 4.89. The number of hydrogen-bond donors (Lipinski definition) is 2. The summed E-state index contributed by atoms with van der Waals surface area (Å²) in [5, 5.41) is 3.13. The van der Waals surface area contributed by atoms with Crippen LogP contribution in [0, 0.1) is 0 Å². The maximum Gasteiger partial charge on any atom is 0.307 e. The Balaban J connectivity index is 1.39. The smallest absolute Gasteiger partial charge is 0.307 e. The number of carbonyl (C=O) groups excluding carboxylic acids is 3. The highest BCUT2D eigenvalue weighted by atomic mass is 32.1. The topological polar surface area (TPSA) is 98.5 Å². The third-order valence-electron chi connectivity index (χ3n) is 5.56. The van der Waals surface area contributed by atoms with E-state index in [0.717, 1.165) is 40.8 Å². The number of nitrogens with one attached hydrogen (secondary N) is 1. The van der Waals surface area contributed by atoms with E-state index in [2.05, 4.69) is 5.32 Å². The molecule has 1 heterocycles. The number of aryl methyl sites for hydroxylation is 1. The van der Waals surface area contributed by atoms with Gasteiger partial charge in [0, 0.05) is 10.8 Å². The molecule has 0 saturated carbocycles. The van der Waals surface area contributed by atoms with Crippen molar-refractivity contribution in [3.05, 3.63) is 87.8 Å². The molecule has 0 radical (unpaired) electrons. The second-order valence-corrected chi connectivity index (χ2v) is 8.82. The van der Waals surface area contributed by atoms with E-state index < -0.39 is 24.4 Å². The van der Waals surface area contributed by atoms with Crippen molar-refractivity contribution < 1.29 is 19.1 Å². The summed E-state index contributed by atoms with van der Waals surface area (Å²) >= 11 is 1.37. The van der Waals surface area contributed by atoms with Gasteiger partial charge in [0.2, 0.25) is 0 Å². The fraction of sp³-hybridized carbons (Fsp3) is 0.240. The number of primary amides is 1. The lowest BCUT2D eigenvalue weighted by Crippen LogP contribution is -2.23. The molecule has 0 aliphatic heterocycles. The number of benzene rings is 2. The standard InChI is InChI=1S/C25H24N2O4S/c26-24(30)23-18-12-7-13-20(18)32-25(23)27-21(28)15-31-22(29)14-19(16-8-3-1-4-9-16)17-10-5-2-6-11-17/h1-6,8-11,19H,7,12-15H2,(H2,26,30)(H,27,28). The van der Waals surface area contributed by atoms with Crippen LogP contribution < -0.4 is 11.1 Å². The number of esters is 1. The van der Waals surface area contributed by atoms with Gasteiger partial charge in [-0.3, -0.25) is 14.4 Å². The van der Waals surface area contributed by atoms with Crippen LogP contribution in [0.2, 0.25) is 0 Å². The molecule has 0 spiro atoms. The van der Waals surface area contributed by atoms with Gasteiger partial charge in [0.05, 0.1) is 12.0 Å². The van der Waals surface area contributed by atoms with Crippen molar-refractivity contribution in [2.24, 2.45) is 5.73 Å². The van der Waals surface area contributed by atoms with E-state index in [1.54, 1.807) is 0 Å². The van der Waals surface area contributed by atoms with Crippen LogP contribution in [0.3, 0.4) is 0 Å². The first-order valence-electron chi connectivity index (χ1n) is 10.5. The number of rotatable bonds is 8. The fourth-order valence-electron chi connectivity index (χ4n) is 4.09. The molecule has 3 N–H and O–H groups in total. The molecule has 6 nitrogen and oxygen atoms in total. The molecule has 164 valence electrons. The molecule has 0 atom stereocenters. The lowest BCUT2D eigenvalue weighted by atomic mass is 9.89. The van der Waals surface area contributed by atoms with Gasteiger partial charge in [0.25, 0.3) is 11.8 Å². The normalized spacial score (nSPS) is 12.4.